The van der Waals surface area contributed by atoms with Crippen molar-refractivity contribution in [3.8, 4) is 12.3 Å². The fraction of sp³-hybridized carbons (Fsp3) is 0.467. The lowest BCUT2D eigenvalue weighted by atomic mass is 10.2. The highest BCUT2D eigenvalue weighted by Gasteiger charge is 2.17. The van der Waals surface area contributed by atoms with Crippen LogP contribution >= 0.6 is 11.6 Å². The fourth-order valence-electron chi connectivity index (χ4n) is 2.32. The van der Waals surface area contributed by atoms with Gasteiger partial charge in [0.1, 0.15) is 0 Å². The minimum atomic E-state index is 0.652. The molecule has 0 saturated carbocycles. The highest BCUT2D eigenvalue weighted by atomic mass is 35.5. The second kappa shape index (κ2) is 7.40. The van der Waals surface area contributed by atoms with Gasteiger partial charge in [-0.15, -0.1) is 6.42 Å². The topological polar surface area (TPSA) is 18.5 Å². The molecule has 19 heavy (non-hydrogen) atoms. The molecule has 0 radical (unpaired) electrons. The fourth-order valence-corrected chi connectivity index (χ4v) is 2.57. The summed E-state index contributed by atoms with van der Waals surface area (Å²) in [4.78, 5) is 4.81. The second-order valence-corrected chi connectivity index (χ2v) is 5.07. The van der Waals surface area contributed by atoms with E-state index in [9.17, 15) is 0 Å². The Labute approximate surface area is 120 Å². The number of nitrogens with zero attached hydrogens (tertiary/aromatic N) is 2. The Morgan fingerprint density at radius 2 is 1.95 bits per heavy atom. The molecule has 1 heterocycles. The molecule has 1 fully saturated rings. The summed E-state index contributed by atoms with van der Waals surface area (Å²) >= 11 is 6.23. The van der Waals surface area contributed by atoms with Crippen LogP contribution in [0, 0.1) is 12.3 Å². The zero-order valence-corrected chi connectivity index (χ0v) is 11.9. The standard InChI is InChI=1S/C15H20ClN3/c1-2-7-17-8-9-18-10-12-19(13-11-18)15-6-4-3-5-14(15)16/h1,3-6,17H,7-13H2. The van der Waals surface area contributed by atoms with Gasteiger partial charge in [-0.1, -0.05) is 29.7 Å². The number of halogens is 1. The van der Waals surface area contributed by atoms with Crippen LogP contribution in [0.25, 0.3) is 0 Å². The molecule has 0 bridgehead atoms. The molecule has 1 aromatic rings. The van der Waals surface area contributed by atoms with Crippen molar-refractivity contribution in [3.63, 3.8) is 0 Å². The van der Waals surface area contributed by atoms with E-state index in [4.69, 9.17) is 18.0 Å². The van der Waals surface area contributed by atoms with E-state index in [0.717, 1.165) is 50.0 Å². The molecule has 0 unspecified atom stereocenters. The van der Waals surface area contributed by atoms with Gasteiger partial charge in [0, 0.05) is 39.3 Å². The van der Waals surface area contributed by atoms with E-state index in [1.807, 2.05) is 18.2 Å². The van der Waals surface area contributed by atoms with Crippen molar-refractivity contribution in [1.82, 2.24) is 10.2 Å². The van der Waals surface area contributed by atoms with Gasteiger partial charge in [-0.05, 0) is 12.1 Å². The Morgan fingerprint density at radius 3 is 2.63 bits per heavy atom. The first kappa shape index (κ1) is 14.2. The molecular formula is C15H20ClN3. The van der Waals surface area contributed by atoms with Gasteiger partial charge in [-0.3, -0.25) is 4.90 Å². The zero-order valence-electron chi connectivity index (χ0n) is 11.1. The summed E-state index contributed by atoms with van der Waals surface area (Å²) in [5.41, 5.74) is 1.15. The van der Waals surface area contributed by atoms with E-state index >= 15 is 0 Å². The third-order valence-corrected chi connectivity index (χ3v) is 3.72. The van der Waals surface area contributed by atoms with Crippen molar-refractivity contribution in [3.05, 3.63) is 29.3 Å². The summed E-state index contributed by atoms with van der Waals surface area (Å²) in [7, 11) is 0. The molecule has 0 amide bonds. The Hall–Kier alpha value is -1.21. The maximum absolute atomic E-state index is 6.23. The van der Waals surface area contributed by atoms with Crippen molar-refractivity contribution in [1.29, 1.82) is 0 Å². The van der Waals surface area contributed by atoms with Crippen LogP contribution in [-0.2, 0) is 0 Å². The van der Waals surface area contributed by atoms with Gasteiger partial charge in [0.15, 0.2) is 0 Å². The maximum atomic E-state index is 6.23. The van der Waals surface area contributed by atoms with Crippen molar-refractivity contribution in [2.24, 2.45) is 0 Å². The van der Waals surface area contributed by atoms with Crippen LogP contribution in [0.2, 0.25) is 5.02 Å². The lowest BCUT2D eigenvalue weighted by Crippen LogP contribution is -2.48. The molecule has 1 aliphatic heterocycles. The highest BCUT2D eigenvalue weighted by Crippen LogP contribution is 2.25. The number of terminal acetylenes is 1. The normalized spacial score (nSPS) is 16.3. The van der Waals surface area contributed by atoms with E-state index < -0.39 is 0 Å². The van der Waals surface area contributed by atoms with Gasteiger partial charge in [0.2, 0.25) is 0 Å². The van der Waals surface area contributed by atoms with Gasteiger partial charge < -0.3 is 10.2 Å². The molecule has 0 atom stereocenters. The molecule has 1 N–H and O–H groups in total. The average Bonchev–Trinajstić information content (AvgIpc) is 2.45. The Morgan fingerprint density at radius 1 is 1.21 bits per heavy atom. The molecule has 1 aromatic carbocycles. The minimum absolute atomic E-state index is 0.652. The first-order valence-electron chi connectivity index (χ1n) is 6.67. The largest absolute Gasteiger partial charge is 0.368 e. The van der Waals surface area contributed by atoms with Crippen molar-refractivity contribution in [2.75, 3.05) is 50.7 Å². The van der Waals surface area contributed by atoms with E-state index in [-0.39, 0.29) is 0 Å². The quantitative estimate of drug-likeness (QED) is 0.653. The van der Waals surface area contributed by atoms with Crippen LogP contribution in [0.1, 0.15) is 0 Å². The monoisotopic (exact) mass is 277 g/mol. The van der Waals surface area contributed by atoms with Crippen molar-refractivity contribution < 1.29 is 0 Å². The number of piperazine rings is 1. The predicted octanol–water partition coefficient (Wildman–Crippen LogP) is 1.68. The summed E-state index contributed by atoms with van der Waals surface area (Å²) in [6.07, 6.45) is 5.20. The number of hydrogen-bond donors (Lipinski definition) is 1. The summed E-state index contributed by atoms with van der Waals surface area (Å²) in [5, 5.41) is 4.06. The SMILES string of the molecule is C#CCNCCN1CCN(c2ccccc2Cl)CC1. The smallest absolute Gasteiger partial charge is 0.0639 e. The Bertz CT molecular complexity index is 433. The molecule has 102 valence electrons. The molecule has 0 aromatic heterocycles. The van der Waals surface area contributed by atoms with Gasteiger partial charge in [-0.25, -0.2) is 0 Å². The highest BCUT2D eigenvalue weighted by molar-refractivity contribution is 6.33. The van der Waals surface area contributed by atoms with Crippen LogP contribution in [0.4, 0.5) is 5.69 Å². The first-order valence-corrected chi connectivity index (χ1v) is 7.05. The molecule has 2 rings (SSSR count). The zero-order chi connectivity index (χ0) is 13.5. The van der Waals surface area contributed by atoms with Crippen LogP contribution in [0.15, 0.2) is 24.3 Å². The third-order valence-electron chi connectivity index (χ3n) is 3.40. The van der Waals surface area contributed by atoms with Crippen LogP contribution in [0.3, 0.4) is 0 Å². The summed E-state index contributed by atoms with van der Waals surface area (Å²) in [5.74, 6) is 2.59. The number of hydrogen-bond acceptors (Lipinski definition) is 3. The number of rotatable bonds is 5. The summed E-state index contributed by atoms with van der Waals surface area (Å²) in [6, 6.07) is 8.05. The summed E-state index contributed by atoms with van der Waals surface area (Å²) in [6.45, 7) is 6.86. The molecule has 0 aliphatic carbocycles. The minimum Gasteiger partial charge on any atom is -0.368 e. The van der Waals surface area contributed by atoms with Crippen LogP contribution < -0.4 is 10.2 Å². The summed E-state index contributed by atoms with van der Waals surface area (Å²) < 4.78 is 0. The van der Waals surface area contributed by atoms with Crippen molar-refractivity contribution in [2.45, 2.75) is 0 Å². The lowest BCUT2D eigenvalue weighted by molar-refractivity contribution is 0.259. The van der Waals surface area contributed by atoms with Gasteiger partial charge >= 0.3 is 0 Å². The second-order valence-electron chi connectivity index (χ2n) is 4.66. The van der Waals surface area contributed by atoms with Crippen LogP contribution in [-0.4, -0.2) is 50.7 Å². The van der Waals surface area contributed by atoms with Crippen LogP contribution in [0.5, 0.6) is 0 Å². The molecular weight excluding hydrogens is 258 g/mol. The number of nitrogens with one attached hydrogen (secondary N) is 1. The lowest BCUT2D eigenvalue weighted by Gasteiger charge is -2.36. The Balaban J connectivity index is 1.77. The van der Waals surface area contributed by atoms with E-state index in [0.29, 0.717) is 6.54 Å². The maximum Gasteiger partial charge on any atom is 0.0639 e. The molecule has 1 saturated heterocycles. The van der Waals surface area contributed by atoms with Gasteiger partial charge in [0.25, 0.3) is 0 Å². The predicted molar refractivity (Wildman–Crippen MR) is 81.8 cm³/mol. The molecule has 4 heteroatoms. The Kier molecular flexibility index (Phi) is 5.53. The molecule has 0 spiro atoms. The molecule has 1 aliphatic rings. The number of benzene rings is 1. The van der Waals surface area contributed by atoms with E-state index in [2.05, 4.69) is 27.1 Å². The van der Waals surface area contributed by atoms with Gasteiger partial charge in [-0.2, -0.15) is 0 Å². The van der Waals surface area contributed by atoms with Crippen molar-refractivity contribution >= 4 is 17.3 Å². The third kappa shape index (κ3) is 4.14. The number of anilines is 1. The number of para-hydroxylation sites is 1. The average molecular weight is 278 g/mol. The molecule has 3 nitrogen and oxygen atoms in total. The van der Waals surface area contributed by atoms with E-state index in [1.165, 1.54) is 0 Å². The van der Waals surface area contributed by atoms with E-state index in [1.54, 1.807) is 0 Å². The first-order chi connectivity index (χ1) is 9.31. The van der Waals surface area contributed by atoms with Gasteiger partial charge in [0.05, 0.1) is 17.3 Å².